The summed E-state index contributed by atoms with van der Waals surface area (Å²) in [4.78, 5) is 13.7. The molecule has 0 saturated carbocycles. The minimum Gasteiger partial charge on any atom is -0.368 e. The Kier molecular flexibility index (Phi) is 6.74. The van der Waals surface area contributed by atoms with Gasteiger partial charge in [0.15, 0.2) is 9.84 Å². The highest BCUT2D eigenvalue weighted by atomic mass is 32.2. The Morgan fingerprint density at radius 3 is 2.42 bits per heavy atom. The van der Waals surface area contributed by atoms with Crippen molar-refractivity contribution in [1.29, 1.82) is 10.5 Å². The van der Waals surface area contributed by atoms with Gasteiger partial charge >= 0.3 is 0 Å². The second-order valence-electron chi connectivity index (χ2n) is 7.79. The summed E-state index contributed by atoms with van der Waals surface area (Å²) in [7, 11) is -3.48. The van der Waals surface area contributed by atoms with E-state index in [0.29, 0.717) is 19.4 Å². The zero-order valence-electron chi connectivity index (χ0n) is 17.3. The van der Waals surface area contributed by atoms with Crippen LogP contribution in [0.4, 0.5) is 0 Å². The number of piperidine rings is 1. The SMILES string of the molecule is CS(=O)(=O)c1ccc(-c2ccc(C[C@@H](C#N)N3CCCCC3C(N)=O)cc2)cc1C#N. The number of sulfone groups is 1. The molecule has 1 heterocycles. The number of primary amides is 1. The number of nitrogens with two attached hydrogens (primary N) is 1. The minimum atomic E-state index is -3.48. The maximum atomic E-state index is 11.8. The number of nitriles is 2. The quantitative estimate of drug-likeness (QED) is 0.740. The molecular weight excluding hydrogens is 412 g/mol. The highest BCUT2D eigenvalue weighted by Crippen LogP contribution is 2.26. The van der Waals surface area contributed by atoms with Crippen molar-refractivity contribution in [2.24, 2.45) is 5.73 Å². The summed E-state index contributed by atoms with van der Waals surface area (Å²) in [5, 5.41) is 19.0. The smallest absolute Gasteiger partial charge is 0.234 e. The third-order valence-electron chi connectivity index (χ3n) is 5.64. The highest BCUT2D eigenvalue weighted by Gasteiger charge is 2.32. The first-order chi connectivity index (χ1) is 14.7. The number of nitrogens with zero attached hydrogens (tertiary/aromatic N) is 3. The molecule has 8 heteroatoms. The van der Waals surface area contributed by atoms with Gasteiger partial charge in [0.2, 0.25) is 5.91 Å². The molecule has 0 aromatic heterocycles. The molecule has 1 aliphatic rings. The van der Waals surface area contributed by atoms with Gasteiger partial charge < -0.3 is 5.73 Å². The van der Waals surface area contributed by atoms with E-state index in [1.165, 1.54) is 6.07 Å². The molecule has 0 bridgehead atoms. The molecule has 2 atom stereocenters. The van der Waals surface area contributed by atoms with Crippen molar-refractivity contribution in [1.82, 2.24) is 4.90 Å². The van der Waals surface area contributed by atoms with E-state index in [0.717, 1.165) is 35.8 Å². The van der Waals surface area contributed by atoms with Gasteiger partial charge in [-0.1, -0.05) is 36.8 Å². The average molecular weight is 437 g/mol. The molecule has 1 unspecified atom stereocenters. The summed E-state index contributed by atoms with van der Waals surface area (Å²) >= 11 is 0. The number of carbonyl (C=O) groups excluding carboxylic acids is 1. The fourth-order valence-electron chi connectivity index (χ4n) is 4.05. The van der Waals surface area contributed by atoms with E-state index >= 15 is 0 Å². The van der Waals surface area contributed by atoms with Crippen molar-refractivity contribution in [3.63, 3.8) is 0 Å². The van der Waals surface area contributed by atoms with Gasteiger partial charge in [-0.25, -0.2) is 8.42 Å². The maximum Gasteiger partial charge on any atom is 0.234 e. The normalized spacial score (nSPS) is 18.0. The van der Waals surface area contributed by atoms with Gasteiger partial charge in [0.25, 0.3) is 0 Å². The number of hydrogen-bond donors (Lipinski definition) is 1. The molecular formula is C23H24N4O3S. The summed E-state index contributed by atoms with van der Waals surface area (Å²) in [5.74, 6) is -0.388. The van der Waals surface area contributed by atoms with Gasteiger partial charge in [-0.3, -0.25) is 9.69 Å². The van der Waals surface area contributed by atoms with Crippen LogP contribution in [0.3, 0.4) is 0 Å². The third-order valence-corrected chi connectivity index (χ3v) is 6.79. The molecule has 31 heavy (non-hydrogen) atoms. The van der Waals surface area contributed by atoms with E-state index in [-0.39, 0.29) is 16.4 Å². The Labute approximate surface area is 182 Å². The Morgan fingerprint density at radius 2 is 1.84 bits per heavy atom. The molecule has 0 spiro atoms. The first-order valence-electron chi connectivity index (χ1n) is 10.0. The van der Waals surface area contributed by atoms with Gasteiger partial charge in [0.05, 0.1) is 22.6 Å². The first kappa shape index (κ1) is 22.5. The number of hydrogen-bond acceptors (Lipinski definition) is 6. The predicted octanol–water partition coefficient (Wildman–Crippen LogP) is 2.40. The second-order valence-corrected chi connectivity index (χ2v) is 9.78. The lowest BCUT2D eigenvalue weighted by molar-refractivity contribution is -0.125. The van der Waals surface area contributed by atoms with Crippen molar-refractivity contribution in [2.75, 3.05) is 12.8 Å². The van der Waals surface area contributed by atoms with E-state index in [4.69, 9.17) is 5.73 Å². The van der Waals surface area contributed by atoms with Crippen LogP contribution in [0.5, 0.6) is 0 Å². The monoisotopic (exact) mass is 436 g/mol. The standard InChI is InChI=1S/C23H24N4O3S/c1-31(29,30)22-10-9-18(13-19(22)14-24)17-7-5-16(6-8-17)12-20(15-25)27-11-3-2-4-21(27)23(26)28/h5-10,13,20-21H,2-4,11-12H2,1H3,(H2,26,28)/t20-,21?/m0/s1. The van der Waals surface area contributed by atoms with E-state index in [1.807, 2.05) is 35.2 Å². The third kappa shape index (κ3) is 5.11. The molecule has 0 radical (unpaired) electrons. The van der Waals surface area contributed by atoms with Crippen molar-refractivity contribution in [3.8, 4) is 23.3 Å². The molecule has 1 amide bonds. The van der Waals surface area contributed by atoms with Gasteiger partial charge in [0.1, 0.15) is 12.1 Å². The van der Waals surface area contributed by atoms with Crippen LogP contribution in [0.2, 0.25) is 0 Å². The maximum absolute atomic E-state index is 11.8. The number of likely N-dealkylation sites (tertiary alicyclic amines) is 1. The van der Waals surface area contributed by atoms with Gasteiger partial charge in [0, 0.05) is 19.2 Å². The van der Waals surface area contributed by atoms with Crippen molar-refractivity contribution in [2.45, 2.75) is 42.7 Å². The molecule has 2 N–H and O–H groups in total. The Morgan fingerprint density at radius 1 is 1.16 bits per heavy atom. The van der Waals surface area contributed by atoms with Crippen molar-refractivity contribution in [3.05, 3.63) is 53.6 Å². The molecule has 2 aromatic rings. The zero-order valence-corrected chi connectivity index (χ0v) is 18.1. The summed E-state index contributed by atoms with van der Waals surface area (Å²) in [6.45, 7) is 0.674. The molecule has 0 aliphatic carbocycles. The molecule has 2 aromatic carbocycles. The zero-order chi connectivity index (χ0) is 22.6. The van der Waals surface area contributed by atoms with Crippen LogP contribution >= 0.6 is 0 Å². The van der Waals surface area contributed by atoms with Crippen LogP contribution in [0.25, 0.3) is 11.1 Å². The van der Waals surface area contributed by atoms with Crippen molar-refractivity contribution < 1.29 is 13.2 Å². The van der Waals surface area contributed by atoms with Crippen LogP contribution in [0.15, 0.2) is 47.4 Å². The minimum absolute atomic E-state index is 0.0118. The molecule has 1 fully saturated rings. The lowest BCUT2D eigenvalue weighted by atomic mass is 9.95. The van der Waals surface area contributed by atoms with E-state index in [9.17, 15) is 23.7 Å². The van der Waals surface area contributed by atoms with Crippen LogP contribution < -0.4 is 5.73 Å². The first-order valence-corrected chi connectivity index (χ1v) is 11.9. The predicted molar refractivity (Wildman–Crippen MR) is 116 cm³/mol. The fourth-order valence-corrected chi connectivity index (χ4v) is 4.87. The molecule has 3 rings (SSSR count). The summed E-state index contributed by atoms with van der Waals surface area (Å²) in [6.07, 6.45) is 4.09. The van der Waals surface area contributed by atoms with Crippen LogP contribution in [-0.4, -0.2) is 44.1 Å². The average Bonchev–Trinajstić information content (AvgIpc) is 2.76. The number of amides is 1. The van der Waals surface area contributed by atoms with Gasteiger partial charge in [-0.15, -0.1) is 0 Å². The van der Waals surface area contributed by atoms with Gasteiger partial charge in [-0.2, -0.15) is 10.5 Å². The van der Waals surface area contributed by atoms with Crippen LogP contribution in [0.1, 0.15) is 30.4 Å². The largest absolute Gasteiger partial charge is 0.368 e. The Balaban J connectivity index is 1.81. The number of rotatable bonds is 6. The number of carbonyl (C=O) groups is 1. The molecule has 1 saturated heterocycles. The lowest BCUT2D eigenvalue weighted by Crippen LogP contribution is -2.52. The Bertz CT molecular complexity index is 1160. The summed E-state index contributed by atoms with van der Waals surface area (Å²) < 4.78 is 23.6. The fraction of sp³-hybridized carbons (Fsp3) is 0.348. The van der Waals surface area contributed by atoms with E-state index < -0.39 is 21.9 Å². The van der Waals surface area contributed by atoms with Crippen LogP contribution in [-0.2, 0) is 21.1 Å². The van der Waals surface area contributed by atoms with E-state index in [2.05, 4.69) is 6.07 Å². The van der Waals surface area contributed by atoms with Crippen LogP contribution in [0, 0.1) is 22.7 Å². The lowest BCUT2D eigenvalue weighted by Gasteiger charge is -2.36. The topological polar surface area (TPSA) is 128 Å². The molecule has 160 valence electrons. The highest BCUT2D eigenvalue weighted by molar-refractivity contribution is 7.90. The molecule has 7 nitrogen and oxygen atoms in total. The summed E-state index contributed by atoms with van der Waals surface area (Å²) in [6, 6.07) is 15.7. The summed E-state index contributed by atoms with van der Waals surface area (Å²) in [5.41, 5.74) is 8.16. The van der Waals surface area contributed by atoms with Crippen molar-refractivity contribution >= 4 is 15.7 Å². The molecule has 1 aliphatic heterocycles. The van der Waals surface area contributed by atoms with E-state index in [1.54, 1.807) is 12.1 Å². The number of benzene rings is 2. The second kappa shape index (κ2) is 9.30. The van der Waals surface area contributed by atoms with Gasteiger partial charge in [-0.05, 0) is 41.7 Å². The Hall–Kier alpha value is -3.20.